The number of sulfonamides is 1. The molecular weight excluding hydrogens is 458 g/mol. The number of anilines is 1. The van der Waals surface area contributed by atoms with Crippen LogP contribution in [0, 0.1) is 25.5 Å². The quantitative estimate of drug-likeness (QED) is 0.593. The number of halogens is 2. The minimum Gasteiger partial charge on any atom is -0.320 e. The van der Waals surface area contributed by atoms with Crippen molar-refractivity contribution >= 4 is 33.0 Å². The number of carbonyl (C=O) groups excluding carboxylic acids is 1. The highest BCUT2D eigenvalue weighted by molar-refractivity contribution is 7.89. The summed E-state index contributed by atoms with van der Waals surface area (Å²) in [6.07, 6.45) is 1.22. The summed E-state index contributed by atoms with van der Waals surface area (Å²) in [5.74, 6) is -2.74. The molecule has 1 amide bonds. The van der Waals surface area contributed by atoms with E-state index >= 15 is 0 Å². The number of hydrogen-bond donors (Lipinski definition) is 1. The van der Waals surface area contributed by atoms with Gasteiger partial charge in [0, 0.05) is 18.3 Å². The molecule has 4 rings (SSSR count). The predicted octanol–water partition coefficient (Wildman–Crippen LogP) is 4.21. The number of nitrogens with one attached hydrogen (secondary N) is 1. The number of rotatable bonds is 5. The number of aromatic nitrogens is 2. The topological polar surface area (TPSA) is 92.3 Å². The fraction of sp³-hybridized carbons (Fsp3) is 0.286. The molecule has 0 aliphatic carbocycles. The van der Waals surface area contributed by atoms with Crippen LogP contribution in [0.4, 0.5) is 14.5 Å². The van der Waals surface area contributed by atoms with Crippen molar-refractivity contribution < 1.29 is 22.0 Å². The highest BCUT2D eigenvalue weighted by Crippen LogP contribution is 2.38. The van der Waals surface area contributed by atoms with Gasteiger partial charge in [0.2, 0.25) is 15.0 Å². The van der Waals surface area contributed by atoms with E-state index in [0.29, 0.717) is 30.0 Å². The van der Waals surface area contributed by atoms with Crippen LogP contribution < -0.4 is 5.32 Å². The zero-order valence-corrected chi connectivity index (χ0v) is 18.9. The van der Waals surface area contributed by atoms with Gasteiger partial charge in [-0.3, -0.25) is 4.79 Å². The molecule has 0 unspecified atom stereocenters. The Bertz CT molecular complexity index is 1290. The van der Waals surface area contributed by atoms with Gasteiger partial charge in [-0.1, -0.05) is 29.0 Å². The van der Waals surface area contributed by atoms with Gasteiger partial charge in [-0.05, 0) is 50.5 Å². The number of carbonyl (C=O) groups is 1. The fourth-order valence-corrected chi connectivity index (χ4v) is 6.53. The van der Waals surface area contributed by atoms with Crippen LogP contribution in [0.1, 0.15) is 44.8 Å². The van der Waals surface area contributed by atoms with Gasteiger partial charge < -0.3 is 5.32 Å². The van der Waals surface area contributed by atoms with E-state index in [2.05, 4.69) is 15.5 Å². The standard InChI is InChI=1S/C21H20F2N4O3S2/c1-12-5-8-18(13(2)10-12)32(29,30)27-9-3-4-17(27)20-25-26-21(31-20)19(28)24-14-6-7-15(22)16(23)11-14/h5-8,10-11,17H,3-4,9H2,1-2H3,(H,24,28)/t17-/m0/s1. The Morgan fingerprint density at radius 3 is 2.62 bits per heavy atom. The van der Waals surface area contributed by atoms with E-state index in [9.17, 15) is 22.0 Å². The van der Waals surface area contributed by atoms with Gasteiger partial charge >= 0.3 is 0 Å². The van der Waals surface area contributed by atoms with E-state index in [0.717, 1.165) is 29.0 Å². The molecule has 1 aliphatic rings. The van der Waals surface area contributed by atoms with Crippen molar-refractivity contribution in [1.29, 1.82) is 0 Å². The number of amides is 1. The number of nitrogens with zero attached hydrogens (tertiary/aromatic N) is 3. The molecule has 2 aromatic carbocycles. The van der Waals surface area contributed by atoms with Crippen molar-refractivity contribution in [3.8, 4) is 0 Å². The van der Waals surface area contributed by atoms with Crippen LogP contribution in [-0.4, -0.2) is 35.4 Å². The Kier molecular flexibility index (Phi) is 6.06. The van der Waals surface area contributed by atoms with Gasteiger partial charge in [0.15, 0.2) is 11.6 Å². The summed E-state index contributed by atoms with van der Waals surface area (Å²) >= 11 is 0.978. The first-order valence-electron chi connectivity index (χ1n) is 9.85. The summed E-state index contributed by atoms with van der Waals surface area (Å²) in [6, 6.07) is 7.67. The number of aryl methyl sites for hydroxylation is 2. The van der Waals surface area contributed by atoms with Crippen molar-refractivity contribution in [2.45, 2.75) is 37.6 Å². The minimum absolute atomic E-state index is 0.000461. The second-order valence-electron chi connectivity index (χ2n) is 7.57. The van der Waals surface area contributed by atoms with Crippen LogP contribution in [0.3, 0.4) is 0 Å². The summed E-state index contributed by atoms with van der Waals surface area (Å²) < 4.78 is 54.5. The largest absolute Gasteiger partial charge is 0.320 e. The fourth-order valence-electron chi connectivity index (χ4n) is 3.71. The van der Waals surface area contributed by atoms with Crippen LogP contribution >= 0.6 is 11.3 Å². The molecule has 7 nitrogen and oxygen atoms in total. The summed E-state index contributed by atoms with van der Waals surface area (Å²) in [5.41, 5.74) is 1.71. The normalized spacial score (nSPS) is 16.9. The molecule has 0 spiro atoms. The minimum atomic E-state index is -3.76. The molecule has 0 radical (unpaired) electrons. The molecule has 0 bridgehead atoms. The van der Waals surface area contributed by atoms with Gasteiger partial charge in [0.05, 0.1) is 10.9 Å². The van der Waals surface area contributed by atoms with E-state index in [-0.39, 0.29) is 15.6 Å². The third kappa shape index (κ3) is 4.27. The highest BCUT2D eigenvalue weighted by atomic mass is 32.2. The summed E-state index contributed by atoms with van der Waals surface area (Å²) in [7, 11) is -3.76. The second-order valence-corrected chi connectivity index (χ2v) is 10.4. The molecule has 1 fully saturated rings. The summed E-state index contributed by atoms with van der Waals surface area (Å²) in [6.45, 7) is 4.00. The van der Waals surface area contributed by atoms with E-state index in [4.69, 9.17) is 0 Å². The maximum atomic E-state index is 13.4. The molecular formula is C21H20F2N4O3S2. The van der Waals surface area contributed by atoms with Crippen LogP contribution in [0.15, 0.2) is 41.3 Å². The average Bonchev–Trinajstić information content (AvgIpc) is 3.40. The van der Waals surface area contributed by atoms with Crippen molar-refractivity contribution in [2.75, 3.05) is 11.9 Å². The zero-order valence-electron chi connectivity index (χ0n) is 17.3. The SMILES string of the molecule is Cc1ccc(S(=O)(=O)N2CCC[C@H]2c2nnc(C(=O)Nc3ccc(F)c(F)c3)s2)c(C)c1. The Morgan fingerprint density at radius 2 is 1.91 bits per heavy atom. The second kappa shape index (κ2) is 8.64. The Labute approximate surface area is 188 Å². The number of benzene rings is 2. The summed E-state index contributed by atoms with van der Waals surface area (Å²) in [4.78, 5) is 12.7. The van der Waals surface area contributed by atoms with E-state index in [1.54, 1.807) is 19.1 Å². The van der Waals surface area contributed by atoms with Crippen LogP contribution in [0.2, 0.25) is 0 Å². The molecule has 168 valence electrons. The monoisotopic (exact) mass is 478 g/mol. The van der Waals surface area contributed by atoms with Gasteiger partial charge in [0.1, 0.15) is 5.01 Å². The third-order valence-corrected chi connectivity index (χ3v) is 8.31. The van der Waals surface area contributed by atoms with E-state index in [1.807, 2.05) is 13.0 Å². The first-order chi connectivity index (χ1) is 15.2. The predicted molar refractivity (Wildman–Crippen MR) is 116 cm³/mol. The van der Waals surface area contributed by atoms with Gasteiger partial charge in [-0.2, -0.15) is 4.31 Å². The maximum Gasteiger partial charge on any atom is 0.286 e. The van der Waals surface area contributed by atoms with Crippen LogP contribution in [0.25, 0.3) is 0 Å². The first-order valence-corrected chi connectivity index (χ1v) is 12.1. The first kappa shape index (κ1) is 22.4. The Morgan fingerprint density at radius 1 is 1.12 bits per heavy atom. The van der Waals surface area contributed by atoms with Crippen LogP contribution in [-0.2, 0) is 10.0 Å². The zero-order chi connectivity index (χ0) is 23.0. The lowest BCUT2D eigenvalue weighted by atomic mass is 10.2. The van der Waals surface area contributed by atoms with Crippen molar-refractivity contribution in [2.24, 2.45) is 0 Å². The molecule has 11 heteroatoms. The molecule has 1 aliphatic heterocycles. The molecule has 1 aromatic heterocycles. The molecule has 2 heterocycles. The molecule has 1 N–H and O–H groups in total. The molecule has 1 saturated heterocycles. The number of hydrogen-bond acceptors (Lipinski definition) is 6. The van der Waals surface area contributed by atoms with Crippen molar-refractivity contribution in [1.82, 2.24) is 14.5 Å². The lowest BCUT2D eigenvalue weighted by Crippen LogP contribution is -2.31. The summed E-state index contributed by atoms with van der Waals surface area (Å²) in [5, 5.41) is 10.8. The molecule has 32 heavy (non-hydrogen) atoms. The van der Waals surface area contributed by atoms with E-state index < -0.39 is 33.6 Å². The van der Waals surface area contributed by atoms with Gasteiger partial charge in [0.25, 0.3) is 5.91 Å². The van der Waals surface area contributed by atoms with Gasteiger partial charge in [-0.15, -0.1) is 10.2 Å². The van der Waals surface area contributed by atoms with Crippen molar-refractivity contribution in [3.05, 3.63) is 69.2 Å². The Balaban J connectivity index is 1.56. The van der Waals surface area contributed by atoms with E-state index in [1.165, 1.54) is 10.4 Å². The lowest BCUT2D eigenvalue weighted by Gasteiger charge is -2.23. The smallest absolute Gasteiger partial charge is 0.286 e. The molecule has 3 aromatic rings. The maximum absolute atomic E-state index is 13.4. The molecule has 0 saturated carbocycles. The van der Waals surface area contributed by atoms with Gasteiger partial charge in [-0.25, -0.2) is 17.2 Å². The van der Waals surface area contributed by atoms with Crippen molar-refractivity contribution in [3.63, 3.8) is 0 Å². The molecule has 1 atom stereocenters. The highest BCUT2D eigenvalue weighted by Gasteiger charge is 2.39. The Hall–Kier alpha value is -2.76. The lowest BCUT2D eigenvalue weighted by molar-refractivity contribution is 0.102. The third-order valence-electron chi connectivity index (χ3n) is 5.22. The average molecular weight is 479 g/mol. The van der Waals surface area contributed by atoms with Crippen LogP contribution in [0.5, 0.6) is 0 Å².